The van der Waals surface area contributed by atoms with Crippen molar-refractivity contribution in [3.63, 3.8) is 0 Å². The lowest BCUT2D eigenvalue weighted by Gasteiger charge is -2.18. The Morgan fingerprint density at radius 2 is 2.04 bits per heavy atom. The Balaban J connectivity index is 2.26. The van der Waals surface area contributed by atoms with E-state index in [0.29, 0.717) is 15.1 Å². The second kappa shape index (κ2) is 7.06. The number of nitro groups is 1. The minimum Gasteiger partial charge on any atom is -0.337 e. The van der Waals surface area contributed by atoms with Crippen LogP contribution >= 0.6 is 27.5 Å². The predicted octanol–water partition coefficient (Wildman–Crippen LogP) is 4.42. The third-order valence-electron chi connectivity index (χ3n) is 3.15. The lowest BCUT2D eigenvalue weighted by molar-refractivity contribution is -0.384. The largest absolute Gasteiger partial charge is 0.337 e. The predicted molar refractivity (Wildman–Crippen MR) is 88.0 cm³/mol. The van der Waals surface area contributed by atoms with Gasteiger partial charge in [0.15, 0.2) is 0 Å². The number of rotatable bonds is 4. The van der Waals surface area contributed by atoms with Gasteiger partial charge in [0.1, 0.15) is 5.82 Å². The van der Waals surface area contributed by atoms with E-state index in [-0.39, 0.29) is 17.8 Å². The third-order valence-corrected chi connectivity index (χ3v) is 4.21. The van der Waals surface area contributed by atoms with E-state index in [0.717, 1.165) is 6.07 Å². The highest BCUT2D eigenvalue weighted by Gasteiger charge is 2.18. The quantitative estimate of drug-likeness (QED) is 0.563. The number of halogens is 3. The molecule has 23 heavy (non-hydrogen) atoms. The summed E-state index contributed by atoms with van der Waals surface area (Å²) in [6.45, 7) is 0.0578. The van der Waals surface area contributed by atoms with Crippen LogP contribution in [0.2, 0.25) is 5.02 Å². The van der Waals surface area contributed by atoms with E-state index in [2.05, 4.69) is 15.9 Å². The normalized spacial score (nSPS) is 10.4. The van der Waals surface area contributed by atoms with Crippen molar-refractivity contribution in [1.82, 2.24) is 4.90 Å². The summed E-state index contributed by atoms with van der Waals surface area (Å²) in [5.74, 6) is -0.961. The monoisotopic (exact) mass is 400 g/mol. The molecule has 1 amide bonds. The van der Waals surface area contributed by atoms with E-state index < -0.39 is 16.6 Å². The first-order valence-electron chi connectivity index (χ1n) is 6.43. The molecule has 0 aliphatic rings. The molecule has 0 aliphatic carbocycles. The maximum atomic E-state index is 13.3. The van der Waals surface area contributed by atoms with E-state index in [1.54, 1.807) is 0 Å². The zero-order valence-corrected chi connectivity index (χ0v) is 14.3. The second-order valence-electron chi connectivity index (χ2n) is 4.82. The molecule has 0 fully saturated rings. The van der Waals surface area contributed by atoms with E-state index in [9.17, 15) is 19.3 Å². The molecule has 0 unspecified atom stereocenters. The van der Waals surface area contributed by atoms with Gasteiger partial charge in [-0.3, -0.25) is 14.9 Å². The molecule has 0 atom stereocenters. The second-order valence-corrected chi connectivity index (χ2v) is 6.08. The molecule has 0 radical (unpaired) electrons. The molecular formula is C15H11BrClFN2O3. The third kappa shape index (κ3) is 4.05. The Morgan fingerprint density at radius 1 is 1.35 bits per heavy atom. The van der Waals surface area contributed by atoms with E-state index in [4.69, 9.17) is 11.6 Å². The number of benzene rings is 2. The Labute approximate surface area is 144 Å². The van der Waals surface area contributed by atoms with Crippen LogP contribution in [0.4, 0.5) is 10.1 Å². The average molecular weight is 402 g/mol. The summed E-state index contributed by atoms with van der Waals surface area (Å²) in [5, 5.41) is 11.1. The van der Waals surface area contributed by atoms with Gasteiger partial charge < -0.3 is 4.90 Å². The van der Waals surface area contributed by atoms with E-state index in [1.165, 1.54) is 42.3 Å². The number of hydrogen-bond donors (Lipinski definition) is 0. The first-order chi connectivity index (χ1) is 10.8. The SMILES string of the molecule is CN(Cc1cc([N+](=O)[O-])ccc1Cl)C(=O)c1cc(F)ccc1Br. The van der Waals surface area contributed by atoms with Gasteiger partial charge in [-0.15, -0.1) is 0 Å². The summed E-state index contributed by atoms with van der Waals surface area (Å²) in [5.41, 5.74) is 0.482. The molecule has 0 spiro atoms. The smallest absolute Gasteiger partial charge is 0.269 e. The molecule has 2 aromatic carbocycles. The number of hydrogen-bond acceptors (Lipinski definition) is 3. The van der Waals surface area contributed by atoms with Crippen molar-refractivity contribution in [2.24, 2.45) is 0 Å². The highest BCUT2D eigenvalue weighted by Crippen LogP contribution is 2.25. The van der Waals surface area contributed by atoms with Gasteiger partial charge in [-0.25, -0.2) is 4.39 Å². The van der Waals surface area contributed by atoms with Crippen molar-refractivity contribution in [2.75, 3.05) is 7.05 Å². The fourth-order valence-corrected chi connectivity index (χ4v) is 2.58. The molecule has 2 aromatic rings. The van der Waals surface area contributed by atoms with E-state index in [1.807, 2.05) is 0 Å². The van der Waals surface area contributed by atoms with Crippen LogP contribution in [0.25, 0.3) is 0 Å². The lowest BCUT2D eigenvalue weighted by atomic mass is 10.1. The van der Waals surface area contributed by atoms with Crippen LogP contribution in [0.15, 0.2) is 40.9 Å². The van der Waals surface area contributed by atoms with Crippen LogP contribution in [-0.4, -0.2) is 22.8 Å². The summed E-state index contributed by atoms with van der Waals surface area (Å²) in [6.07, 6.45) is 0. The highest BCUT2D eigenvalue weighted by atomic mass is 79.9. The minimum atomic E-state index is -0.537. The fourth-order valence-electron chi connectivity index (χ4n) is 1.99. The molecule has 0 aliphatic heterocycles. The molecule has 0 aromatic heterocycles. The van der Waals surface area contributed by atoms with Crippen LogP contribution in [0, 0.1) is 15.9 Å². The first-order valence-corrected chi connectivity index (χ1v) is 7.60. The molecule has 0 saturated carbocycles. The number of carbonyl (C=O) groups is 1. The minimum absolute atomic E-state index is 0.0578. The van der Waals surface area contributed by atoms with Gasteiger partial charge in [-0.1, -0.05) is 11.6 Å². The number of amides is 1. The highest BCUT2D eigenvalue weighted by molar-refractivity contribution is 9.10. The molecule has 8 heteroatoms. The summed E-state index contributed by atoms with van der Waals surface area (Å²) in [7, 11) is 1.51. The van der Waals surface area contributed by atoms with Crippen molar-refractivity contribution in [2.45, 2.75) is 6.54 Å². The van der Waals surface area contributed by atoms with Crippen molar-refractivity contribution in [3.8, 4) is 0 Å². The summed E-state index contributed by atoms with van der Waals surface area (Å²) in [4.78, 5) is 24.0. The number of nitro benzene ring substituents is 1. The van der Waals surface area contributed by atoms with Crippen LogP contribution in [0.3, 0.4) is 0 Å². The number of carbonyl (C=O) groups excluding carboxylic acids is 1. The van der Waals surface area contributed by atoms with Crippen molar-refractivity contribution >= 4 is 39.1 Å². The molecule has 0 N–H and O–H groups in total. The van der Waals surface area contributed by atoms with Crippen LogP contribution in [0.1, 0.15) is 15.9 Å². The topological polar surface area (TPSA) is 63.4 Å². The maximum Gasteiger partial charge on any atom is 0.269 e. The van der Waals surface area contributed by atoms with Crippen LogP contribution in [0.5, 0.6) is 0 Å². The Kier molecular flexibility index (Phi) is 5.33. The van der Waals surface area contributed by atoms with Crippen molar-refractivity contribution in [3.05, 3.63) is 73.0 Å². The Bertz CT molecular complexity index is 785. The summed E-state index contributed by atoms with van der Waals surface area (Å²) in [6, 6.07) is 7.81. The van der Waals surface area contributed by atoms with Gasteiger partial charge in [0.25, 0.3) is 11.6 Å². The zero-order chi connectivity index (χ0) is 17.1. The molecule has 0 saturated heterocycles. The standard InChI is InChI=1S/C15H11BrClFN2O3/c1-19(15(21)12-7-10(18)2-4-13(12)16)8-9-6-11(20(22)23)3-5-14(9)17/h2-7H,8H2,1H3. The molecular weight excluding hydrogens is 391 g/mol. The van der Waals surface area contributed by atoms with Crippen LogP contribution in [-0.2, 0) is 6.54 Å². The summed E-state index contributed by atoms with van der Waals surface area (Å²) < 4.78 is 13.8. The maximum absolute atomic E-state index is 13.3. The Morgan fingerprint density at radius 3 is 2.70 bits per heavy atom. The fraction of sp³-hybridized carbons (Fsp3) is 0.133. The number of nitrogens with zero attached hydrogens (tertiary/aromatic N) is 2. The van der Waals surface area contributed by atoms with Gasteiger partial charge in [0, 0.05) is 35.2 Å². The van der Waals surface area contributed by atoms with E-state index >= 15 is 0 Å². The lowest BCUT2D eigenvalue weighted by Crippen LogP contribution is -2.26. The molecule has 120 valence electrons. The average Bonchev–Trinajstić information content (AvgIpc) is 2.50. The molecule has 0 bridgehead atoms. The van der Waals surface area contributed by atoms with Crippen molar-refractivity contribution < 1.29 is 14.1 Å². The van der Waals surface area contributed by atoms with Gasteiger partial charge in [-0.2, -0.15) is 0 Å². The number of non-ortho nitro benzene ring substituents is 1. The van der Waals surface area contributed by atoms with Gasteiger partial charge in [-0.05, 0) is 45.8 Å². The van der Waals surface area contributed by atoms with Crippen LogP contribution < -0.4 is 0 Å². The summed E-state index contributed by atoms with van der Waals surface area (Å²) >= 11 is 9.22. The molecule has 5 nitrogen and oxygen atoms in total. The van der Waals surface area contributed by atoms with Gasteiger partial charge in [0.05, 0.1) is 10.5 Å². The first kappa shape index (κ1) is 17.4. The van der Waals surface area contributed by atoms with Gasteiger partial charge >= 0.3 is 0 Å². The Hall–Kier alpha value is -1.99. The zero-order valence-electron chi connectivity index (χ0n) is 11.9. The molecule has 0 heterocycles. The molecule has 2 rings (SSSR count). The van der Waals surface area contributed by atoms with Crippen molar-refractivity contribution in [1.29, 1.82) is 0 Å². The van der Waals surface area contributed by atoms with Gasteiger partial charge in [0.2, 0.25) is 0 Å².